The van der Waals surface area contributed by atoms with Crippen molar-refractivity contribution in [3.05, 3.63) is 40.4 Å². The van der Waals surface area contributed by atoms with Crippen LogP contribution in [0.1, 0.15) is 38.6 Å². The zero-order chi connectivity index (χ0) is 16.4. The summed E-state index contributed by atoms with van der Waals surface area (Å²) in [6.07, 6.45) is 2.14. The fourth-order valence-electron chi connectivity index (χ4n) is 3.56. The number of aliphatic hydroxyl groups excluding tert-OH is 1. The summed E-state index contributed by atoms with van der Waals surface area (Å²) < 4.78 is 1.67. The molecular weight excluding hydrogens is 290 g/mol. The van der Waals surface area contributed by atoms with Crippen molar-refractivity contribution in [3.8, 4) is 0 Å². The molecule has 3 rings (SSSR count). The molecule has 0 aliphatic carbocycles. The zero-order valence-electron chi connectivity index (χ0n) is 13.9. The average molecular weight is 315 g/mol. The van der Waals surface area contributed by atoms with Crippen molar-refractivity contribution in [3.63, 3.8) is 0 Å². The van der Waals surface area contributed by atoms with Crippen LogP contribution in [0.3, 0.4) is 0 Å². The van der Waals surface area contributed by atoms with Crippen LogP contribution in [0.4, 0.5) is 0 Å². The first-order valence-corrected chi connectivity index (χ1v) is 8.46. The summed E-state index contributed by atoms with van der Waals surface area (Å²) in [6.45, 7) is 6.73. The van der Waals surface area contributed by atoms with E-state index in [1.807, 2.05) is 24.3 Å². The van der Waals surface area contributed by atoms with E-state index >= 15 is 0 Å². The first kappa shape index (κ1) is 16.1. The van der Waals surface area contributed by atoms with Gasteiger partial charge in [-0.1, -0.05) is 26.0 Å². The van der Waals surface area contributed by atoms with E-state index in [-0.39, 0.29) is 18.2 Å². The Morgan fingerprint density at radius 1 is 1.35 bits per heavy atom. The predicted octanol–water partition coefficient (Wildman–Crippen LogP) is 2.18. The van der Waals surface area contributed by atoms with E-state index in [2.05, 4.69) is 18.7 Å². The molecule has 1 aliphatic heterocycles. The topological polar surface area (TPSA) is 58.4 Å². The smallest absolute Gasteiger partial charge is 0.261 e. The Bertz CT molecular complexity index is 739. The molecule has 1 N–H and O–H groups in total. The molecule has 1 aromatic carbocycles. The highest BCUT2D eigenvalue weighted by molar-refractivity contribution is 5.77. The summed E-state index contributed by atoms with van der Waals surface area (Å²) in [7, 11) is 0. The van der Waals surface area contributed by atoms with Gasteiger partial charge in [0.15, 0.2) is 0 Å². The Balaban J connectivity index is 2.11. The molecule has 5 nitrogen and oxygen atoms in total. The second-order valence-corrected chi connectivity index (χ2v) is 6.71. The Kier molecular flexibility index (Phi) is 4.78. The Labute approximate surface area is 136 Å². The van der Waals surface area contributed by atoms with Crippen molar-refractivity contribution >= 4 is 10.9 Å². The van der Waals surface area contributed by atoms with Crippen molar-refractivity contribution in [2.24, 2.45) is 5.92 Å². The van der Waals surface area contributed by atoms with Crippen LogP contribution in [0.5, 0.6) is 0 Å². The molecule has 0 spiro atoms. The molecule has 1 atom stereocenters. The molecule has 1 unspecified atom stereocenters. The highest BCUT2D eigenvalue weighted by atomic mass is 16.3. The molecular formula is C18H25N3O2. The van der Waals surface area contributed by atoms with Crippen molar-refractivity contribution in [2.45, 2.75) is 39.3 Å². The van der Waals surface area contributed by atoms with Gasteiger partial charge in [0.1, 0.15) is 5.82 Å². The van der Waals surface area contributed by atoms with Gasteiger partial charge in [0.2, 0.25) is 0 Å². The van der Waals surface area contributed by atoms with Gasteiger partial charge in [-0.15, -0.1) is 0 Å². The maximum absolute atomic E-state index is 12.8. The number of aromatic nitrogens is 2. The van der Waals surface area contributed by atoms with Crippen LogP contribution in [0.15, 0.2) is 29.1 Å². The van der Waals surface area contributed by atoms with Gasteiger partial charge in [0, 0.05) is 6.54 Å². The highest BCUT2D eigenvalue weighted by Crippen LogP contribution is 2.31. The Morgan fingerprint density at radius 3 is 2.87 bits per heavy atom. The van der Waals surface area contributed by atoms with Gasteiger partial charge in [0.05, 0.1) is 30.1 Å². The average Bonchev–Trinajstić information content (AvgIpc) is 2.97. The summed E-state index contributed by atoms with van der Waals surface area (Å²) in [4.78, 5) is 20.0. The maximum atomic E-state index is 12.8. The summed E-state index contributed by atoms with van der Waals surface area (Å²) in [5.41, 5.74) is 0.703. The van der Waals surface area contributed by atoms with Gasteiger partial charge in [-0.3, -0.25) is 14.3 Å². The minimum atomic E-state index is -0.0518. The van der Waals surface area contributed by atoms with E-state index in [1.165, 1.54) is 0 Å². The minimum Gasteiger partial charge on any atom is -0.395 e. The SMILES string of the molecule is CC(C)CN1CCCC1c1nc2ccccc2c(=O)n1CCO. The van der Waals surface area contributed by atoms with E-state index in [9.17, 15) is 9.90 Å². The quantitative estimate of drug-likeness (QED) is 0.919. The van der Waals surface area contributed by atoms with Crippen LogP contribution in [-0.2, 0) is 6.54 Å². The number of benzene rings is 1. The molecule has 2 heterocycles. The van der Waals surface area contributed by atoms with Gasteiger partial charge in [-0.25, -0.2) is 4.98 Å². The number of fused-ring (bicyclic) bond motifs is 1. The molecule has 23 heavy (non-hydrogen) atoms. The normalized spacial score (nSPS) is 19.0. The molecule has 1 aliphatic rings. The van der Waals surface area contributed by atoms with Crippen LogP contribution < -0.4 is 5.56 Å². The van der Waals surface area contributed by atoms with Crippen LogP contribution in [0, 0.1) is 5.92 Å². The number of hydrogen-bond acceptors (Lipinski definition) is 4. The molecule has 1 saturated heterocycles. The molecule has 1 aromatic heterocycles. The molecule has 124 valence electrons. The molecule has 2 aromatic rings. The first-order chi connectivity index (χ1) is 11.1. The zero-order valence-corrected chi connectivity index (χ0v) is 13.9. The van der Waals surface area contributed by atoms with Crippen LogP contribution in [0.25, 0.3) is 10.9 Å². The number of nitrogens with zero attached hydrogens (tertiary/aromatic N) is 3. The van der Waals surface area contributed by atoms with Crippen molar-refractivity contribution in [1.82, 2.24) is 14.5 Å². The van der Waals surface area contributed by atoms with E-state index in [0.717, 1.165) is 37.3 Å². The second kappa shape index (κ2) is 6.81. The summed E-state index contributed by atoms with van der Waals surface area (Å²) in [5, 5.41) is 10.0. The predicted molar refractivity (Wildman–Crippen MR) is 91.5 cm³/mol. The summed E-state index contributed by atoms with van der Waals surface area (Å²) in [5.74, 6) is 1.38. The van der Waals surface area contributed by atoms with Gasteiger partial charge in [-0.05, 0) is 37.4 Å². The Hall–Kier alpha value is -1.72. The van der Waals surface area contributed by atoms with Gasteiger partial charge < -0.3 is 5.11 Å². The maximum Gasteiger partial charge on any atom is 0.261 e. The molecule has 0 bridgehead atoms. The lowest BCUT2D eigenvalue weighted by Gasteiger charge is -2.27. The van der Waals surface area contributed by atoms with E-state index in [1.54, 1.807) is 4.57 Å². The third kappa shape index (κ3) is 3.16. The summed E-state index contributed by atoms with van der Waals surface area (Å²) >= 11 is 0. The van der Waals surface area contributed by atoms with Crippen molar-refractivity contribution in [2.75, 3.05) is 19.7 Å². The Morgan fingerprint density at radius 2 is 2.13 bits per heavy atom. The second-order valence-electron chi connectivity index (χ2n) is 6.71. The van der Waals surface area contributed by atoms with E-state index in [0.29, 0.717) is 17.8 Å². The molecule has 0 amide bonds. The van der Waals surface area contributed by atoms with Crippen molar-refractivity contribution < 1.29 is 5.11 Å². The minimum absolute atomic E-state index is 0.0453. The molecule has 1 fully saturated rings. The number of rotatable bonds is 5. The van der Waals surface area contributed by atoms with Crippen LogP contribution >= 0.6 is 0 Å². The first-order valence-electron chi connectivity index (χ1n) is 8.46. The van der Waals surface area contributed by atoms with Gasteiger partial charge in [0.25, 0.3) is 5.56 Å². The molecule has 0 saturated carbocycles. The van der Waals surface area contributed by atoms with E-state index < -0.39 is 0 Å². The van der Waals surface area contributed by atoms with Gasteiger partial charge >= 0.3 is 0 Å². The standard InChI is InChI=1S/C18H25N3O2/c1-13(2)12-20-9-5-8-16(20)17-19-15-7-4-3-6-14(15)18(23)21(17)10-11-22/h3-4,6-7,13,16,22H,5,8-12H2,1-2H3. The van der Waals surface area contributed by atoms with Crippen molar-refractivity contribution in [1.29, 1.82) is 0 Å². The lowest BCUT2D eigenvalue weighted by atomic mass is 10.1. The van der Waals surface area contributed by atoms with Gasteiger partial charge in [-0.2, -0.15) is 0 Å². The highest BCUT2D eigenvalue weighted by Gasteiger charge is 2.30. The number of para-hydroxylation sites is 1. The largest absolute Gasteiger partial charge is 0.395 e. The van der Waals surface area contributed by atoms with Crippen LogP contribution in [0.2, 0.25) is 0 Å². The lowest BCUT2D eigenvalue weighted by molar-refractivity contribution is 0.210. The monoisotopic (exact) mass is 315 g/mol. The van der Waals surface area contributed by atoms with E-state index in [4.69, 9.17) is 4.98 Å². The molecule has 5 heteroatoms. The fourth-order valence-corrected chi connectivity index (χ4v) is 3.56. The third-order valence-electron chi connectivity index (χ3n) is 4.48. The third-order valence-corrected chi connectivity index (χ3v) is 4.48. The lowest BCUT2D eigenvalue weighted by Crippen LogP contribution is -2.34. The molecule has 0 radical (unpaired) electrons. The van der Waals surface area contributed by atoms with Crippen LogP contribution in [-0.4, -0.2) is 39.3 Å². The number of aliphatic hydroxyl groups is 1. The number of hydrogen-bond donors (Lipinski definition) is 1. The number of likely N-dealkylation sites (tertiary alicyclic amines) is 1. The fraction of sp³-hybridized carbons (Fsp3) is 0.556. The summed E-state index contributed by atoms with van der Waals surface area (Å²) in [6, 6.07) is 7.64.